The van der Waals surface area contributed by atoms with E-state index in [0.29, 0.717) is 24.9 Å². The van der Waals surface area contributed by atoms with E-state index in [0.717, 1.165) is 24.9 Å². The molecule has 1 aromatic rings. The smallest absolute Gasteiger partial charge is 0.237 e. The van der Waals surface area contributed by atoms with Gasteiger partial charge in [0.15, 0.2) is 0 Å². The van der Waals surface area contributed by atoms with Crippen LogP contribution in [0.25, 0.3) is 0 Å². The van der Waals surface area contributed by atoms with Crippen LogP contribution >= 0.6 is 0 Å². The van der Waals surface area contributed by atoms with Crippen LogP contribution in [0.5, 0.6) is 0 Å². The van der Waals surface area contributed by atoms with Crippen LogP contribution in [0.15, 0.2) is 30.3 Å². The summed E-state index contributed by atoms with van der Waals surface area (Å²) in [7, 11) is 0. The number of amides is 2. The van der Waals surface area contributed by atoms with Crippen LogP contribution in [-0.4, -0.2) is 35.8 Å². The summed E-state index contributed by atoms with van der Waals surface area (Å²) in [6.45, 7) is 3.64. The Balaban J connectivity index is 1.67. The van der Waals surface area contributed by atoms with Crippen LogP contribution in [0.3, 0.4) is 0 Å². The Morgan fingerprint density at radius 3 is 2.62 bits per heavy atom. The lowest BCUT2D eigenvalue weighted by Gasteiger charge is -2.30. The number of nitrogens with zero attached hydrogens (tertiary/aromatic N) is 1. The highest BCUT2D eigenvalue weighted by molar-refractivity contribution is 6.06. The molecule has 2 fully saturated rings. The lowest BCUT2D eigenvalue weighted by atomic mass is 9.95. The minimum absolute atomic E-state index is 0.0209. The fraction of sp³-hybridized carbons (Fsp3) is 0.529. The Hall–Kier alpha value is -1.68. The van der Waals surface area contributed by atoms with E-state index in [1.807, 2.05) is 30.3 Å². The van der Waals surface area contributed by atoms with Gasteiger partial charge in [-0.2, -0.15) is 0 Å². The molecule has 2 amide bonds. The second-order valence-electron chi connectivity index (χ2n) is 6.26. The quantitative estimate of drug-likeness (QED) is 0.864. The summed E-state index contributed by atoms with van der Waals surface area (Å²) in [4.78, 5) is 26.2. The molecule has 3 rings (SSSR count). The Morgan fingerprint density at radius 1 is 1.19 bits per heavy atom. The molecule has 21 heavy (non-hydrogen) atoms. The van der Waals surface area contributed by atoms with E-state index < -0.39 is 0 Å². The van der Waals surface area contributed by atoms with E-state index in [2.05, 4.69) is 12.2 Å². The lowest BCUT2D eigenvalue weighted by Crippen LogP contribution is -2.43. The van der Waals surface area contributed by atoms with Crippen LogP contribution in [0.2, 0.25) is 0 Å². The summed E-state index contributed by atoms with van der Waals surface area (Å²) in [5.74, 6) is 0.0649. The first-order valence-corrected chi connectivity index (χ1v) is 7.77. The van der Waals surface area contributed by atoms with Gasteiger partial charge in [0.25, 0.3) is 0 Å². The van der Waals surface area contributed by atoms with E-state index in [1.165, 1.54) is 4.90 Å². The molecule has 0 aromatic heterocycles. The highest BCUT2D eigenvalue weighted by Crippen LogP contribution is 2.30. The molecule has 0 bridgehead atoms. The molecule has 2 aliphatic heterocycles. The summed E-state index contributed by atoms with van der Waals surface area (Å²) < 4.78 is 0. The largest absolute Gasteiger partial charge is 0.314 e. The summed E-state index contributed by atoms with van der Waals surface area (Å²) >= 11 is 0. The van der Waals surface area contributed by atoms with Gasteiger partial charge in [0.1, 0.15) is 0 Å². The van der Waals surface area contributed by atoms with Crippen LogP contribution in [0.1, 0.15) is 37.7 Å². The number of hydrogen-bond donors (Lipinski definition) is 1. The van der Waals surface area contributed by atoms with Crippen molar-refractivity contribution in [2.75, 3.05) is 13.1 Å². The first kappa shape index (κ1) is 14.3. The maximum Gasteiger partial charge on any atom is 0.237 e. The van der Waals surface area contributed by atoms with Crippen molar-refractivity contribution >= 4 is 11.8 Å². The Kier molecular flexibility index (Phi) is 4.06. The van der Waals surface area contributed by atoms with Crippen molar-refractivity contribution in [1.29, 1.82) is 0 Å². The van der Waals surface area contributed by atoms with Crippen molar-refractivity contribution in [3.63, 3.8) is 0 Å². The molecular formula is C17H22N2O2. The number of imide groups is 1. The maximum absolute atomic E-state index is 12.5. The molecule has 2 aliphatic rings. The molecule has 2 heterocycles. The van der Waals surface area contributed by atoms with Gasteiger partial charge in [-0.3, -0.25) is 14.5 Å². The molecule has 0 saturated carbocycles. The van der Waals surface area contributed by atoms with Gasteiger partial charge < -0.3 is 5.32 Å². The zero-order chi connectivity index (χ0) is 14.8. The molecule has 4 nitrogen and oxygen atoms in total. The van der Waals surface area contributed by atoms with Gasteiger partial charge in [0.05, 0.1) is 5.92 Å². The third-order valence-electron chi connectivity index (χ3n) is 4.65. The molecule has 1 N–H and O–H groups in total. The van der Waals surface area contributed by atoms with Crippen molar-refractivity contribution in [2.45, 2.75) is 38.1 Å². The standard InChI is InChI=1S/C17H22N2O2/c1-12-7-8-13(10-18-12)11-19-16(20)9-15(17(19)21)14-5-3-2-4-6-14/h2-6,12-13,15,18H,7-11H2,1H3. The number of nitrogens with one attached hydrogen (secondary N) is 1. The third-order valence-corrected chi connectivity index (χ3v) is 4.65. The SMILES string of the molecule is CC1CCC(CN2C(=O)CC(c3ccccc3)C2=O)CN1. The van der Waals surface area contributed by atoms with E-state index in [-0.39, 0.29) is 17.7 Å². The second-order valence-corrected chi connectivity index (χ2v) is 6.26. The van der Waals surface area contributed by atoms with Crippen molar-refractivity contribution in [3.05, 3.63) is 35.9 Å². The van der Waals surface area contributed by atoms with Crippen LogP contribution in [0.4, 0.5) is 0 Å². The first-order chi connectivity index (χ1) is 10.1. The molecular weight excluding hydrogens is 264 g/mol. The second kappa shape index (κ2) is 5.98. The van der Waals surface area contributed by atoms with Gasteiger partial charge in [0, 0.05) is 19.0 Å². The van der Waals surface area contributed by atoms with Gasteiger partial charge in [-0.1, -0.05) is 30.3 Å². The summed E-state index contributed by atoms with van der Waals surface area (Å²) in [6.07, 6.45) is 2.52. The molecule has 3 unspecified atom stereocenters. The molecule has 0 radical (unpaired) electrons. The fourth-order valence-corrected chi connectivity index (χ4v) is 3.29. The Labute approximate surface area is 125 Å². The van der Waals surface area contributed by atoms with E-state index >= 15 is 0 Å². The molecule has 1 aromatic carbocycles. The van der Waals surface area contributed by atoms with Crippen LogP contribution in [0, 0.1) is 5.92 Å². The highest BCUT2D eigenvalue weighted by atomic mass is 16.2. The minimum Gasteiger partial charge on any atom is -0.314 e. The summed E-state index contributed by atoms with van der Waals surface area (Å²) in [5.41, 5.74) is 0.953. The number of benzene rings is 1. The first-order valence-electron chi connectivity index (χ1n) is 7.77. The Morgan fingerprint density at radius 2 is 1.95 bits per heavy atom. The third kappa shape index (κ3) is 3.00. The predicted molar refractivity (Wildman–Crippen MR) is 80.7 cm³/mol. The lowest BCUT2D eigenvalue weighted by molar-refractivity contribution is -0.139. The summed E-state index contributed by atoms with van der Waals surface area (Å²) in [5, 5.41) is 3.43. The minimum atomic E-state index is -0.283. The van der Waals surface area contributed by atoms with Crippen LogP contribution < -0.4 is 5.32 Å². The number of carbonyl (C=O) groups excluding carboxylic acids is 2. The zero-order valence-corrected chi connectivity index (χ0v) is 12.4. The zero-order valence-electron chi connectivity index (χ0n) is 12.4. The Bertz CT molecular complexity index is 521. The number of piperidine rings is 1. The number of hydrogen-bond acceptors (Lipinski definition) is 3. The average molecular weight is 286 g/mol. The van der Waals surface area contributed by atoms with Crippen molar-refractivity contribution in [3.8, 4) is 0 Å². The molecule has 0 spiro atoms. The molecule has 112 valence electrons. The van der Waals surface area contributed by atoms with E-state index in [1.54, 1.807) is 0 Å². The molecule has 2 saturated heterocycles. The maximum atomic E-state index is 12.5. The van der Waals surface area contributed by atoms with Crippen molar-refractivity contribution in [1.82, 2.24) is 10.2 Å². The van der Waals surface area contributed by atoms with Crippen molar-refractivity contribution in [2.24, 2.45) is 5.92 Å². The van der Waals surface area contributed by atoms with E-state index in [9.17, 15) is 9.59 Å². The molecule has 3 atom stereocenters. The van der Waals surface area contributed by atoms with Gasteiger partial charge in [0.2, 0.25) is 11.8 Å². The van der Waals surface area contributed by atoms with Gasteiger partial charge >= 0.3 is 0 Å². The van der Waals surface area contributed by atoms with Gasteiger partial charge in [-0.25, -0.2) is 0 Å². The topological polar surface area (TPSA) is 49.4 Å². The van der Waals surface area contributed by atoms with Gasteiger partial charge in [-0.05, 0) is 37.8 Å². The normalized spacial score (nSPS) is 30.0. The van der Waals surface area contributed by atoms with Crippen molar-refractivity contribution < 1.29 is 9.59 Å². The monoisotopic (exact) mass is 286 g/mol. The highest BCUT2D eigenvalue weighted by Gasteiger charge is 2.40. The van der Waals surface area contributed by atoms with E-state index in [4.69, 9.17) is 0 Å². The predicted octanol–water partition coefficient (Wildman–Crippen LogP) is 1.92. The number of likely N-dealkylation sites (tertiary alicyclic amines) is 1. The summed E-state index contributed by atoms with van der Waals surface area (Å²) in [6, 6.07) is 10.2. The molecule has 0 aliphatic carbocycles. The average Bonchev–Trinajstić information content (AvgIpc) is 2.78. The number of carbonyl (C=O) groups is 2. The van der Waals surface area contributed by atoms with Crippen LogP contribution in [-0.2, 0) is 9.59 Å². The van der Waals surface area contributed by atoms with Gasteiger partial charge in [-0.15, -0.1) is 0 Å². The fourth-order valence-electron chi connectivity index (χ4n) is 3.29. The molecule has 4 heteroatoms. The number of rotatable bonds is 3.